The van der Waals surface area contributed by atoms with E-state index in [0.29, 0.717) is 12.5 Å². The Morgan fingerprint density at radius 3 is 2.64 bits per heavy atom. The van der Waals surface area contributed by atoms with Gasteiger partial charge in [0.15, 0.2) is 0 Å². The lowest BCUT2D eigenvalue weighted by Gasteiger charge is -2.30. The highest BCUT2D eigenvalue weighted by Crippen LogP contribution is 2.28. The molecule has 2 unspecified atom stereocenters. The minimum absolute atomic E-state index is 0.0448. The highest BCUT2D eigenvalue weighted by Gasteiger charge is 2.28. The summed E-state index contributed by atoms with van der Waals surface area (Å²) in [5.74, 6) is 1.26. The Balaban J connectivity index is 1.56. The van der Waals surface area contributed by atoms with Gasteiger partial charge < -0.3 is 15.0 Å². The average Bonchev–Trinajstić information content (AvgIpc) is 3.43. The number of nitrogens with one attached hydrogen (secondary N) is 1. The monoisotopic (exact) mass is 401 g/mol. The first-order chi connectivity index (χ1) is 13.7. The molecule has 2 amide bonds. The van der Waals surface area contributed by atoms with Gasteiger partial charge in [-0.05, 0) is 59.6 Å². The van der Waals surface area contributed by atoms with E-state index in [4.69, 9.17) is 4.74 Å². The lowest BCUT2D eigenvalue weighted by molar-refractivity contribution is 0.189. The number of carbonyl (C=O) groups excluding carboxylic acids is 1. The number of benzene rings is 1. The van der Waals surface area contributed by atoms with Crippen LogP contribution in [0.15, 0.2) is 41.1 Å². The summed E-state index contributed by atoms with van der Waals surface area (Å²) in [5.41, 5.74) is 2.56. The van der Waals surface area contributed by atoms with Crippen molar-refractivity contribution in [3.05, 3.63) is 52.2 Å². The van der Waals surface area contributed by atoms with Crippen LogP contribution in [-0.2, 0) is 0 Å². The number of rotatable bonds is 8. The minimum atomic E-state index is 0.0448. The number of ether oxygens (including phenoxy) is 1. The number of likely N-dealkylation sites (tertiary alicyclic amines) is 1. The fourth-order valence-electron chi connectivity index (χ4n) is 3.98. The van der Waals surface area contributed by atoms with E-state index in [-0.39, 0.29) is 12.1 Å². The minimum Gasteiger partial charge on any atom is -0.497 e. The third-order valence-electron chi connectivity index (χ3n) is 5.69. The molecule has 1 aliphatic rings. The largest absolute Gasteiger partial charge is 0.497 e. The van der Waals surface area contributed by atoms with Gasteiger partial charge in [0, 0.05) is 25.6 Å². The van der Waals surface area contributed by atoms with Gasteiger partial charge in [0.05, 0.1) is 13.2 Å². The van der Waals surface area contributed by atoms with Gasteiger partial charge in [0.1, 0.15) is 5.75 Å². The smallest absolute Gasteiger partial charge is 0.317 e. The topological polar surface area (TPSA) is 44.8 Å². The molecule has 1 aromatic heterocycles. The molecule has 3 rings (SSSR count). The first-order valence-corrected chi connectivity index (χ1v) is 11.0. The third-order valence-corrected chi connectivity index (χ3v) is 6.39. The molecule has 28 heavy (non-hydrogen) atoms. The molecule has 1 saturated heterocycles. The van der Waals surface area contributed by atoms with Gasteiger partial charge in [-0.15, -0.1) is 0 Å². The van der Waals surface area contributed by atoms with Crippen molar-refractivity contribution in [2.24, 2.45) is 0 Å². The summed E-state index contributed by atoms with van der Waals surface area (Å²) in [7, 11) is 1.68. The second-order valence-electron chi connectivity index (χ2n) is 7.18. The van der Waals surface area contributed by atoms with E-state index in [9.17, 15) is 4.79 Å². The predicted molar refractivity (Wildman–Crippen MR) is 115 cm³/mol. The molecule has 0 radical (unpaired) electrons. The zero-order chi connectivity index (χ0) is 19.9. The van der Waals surface area contributed by atoms with E-state index < -0.39 is 0 Å². The highest BCUT2D eigenvalue weighted by molar-refractivity contribution is 7.07. The van der Waals surface area contributed by atoms with Crippen LogP contribution in [0.3, 0.4) is 0 Å². The number of nitrogens with zero attached hydrogens (tertiary/aromatic N) is 2. The Kier molecular flexibility index (Phi) is 7.34. The molecular weight excluding hydrogens is 370 g/mol. The van der Waals surface area contributed by atoms with Crippen LogP contribution in [0.2, 0.25) is 0 Å². The van der Waals surface area contributed by atoms with Gasteiger partial charge in [0.25, 0.3) is 0 Å². The van der Waals surface area contributed by atoms with Gasteiger partial charge in [-0.3, -0.25) is 4.90 Å². The summed E-state index contributed by atoms with van der Waals surface area (Å²) in [4.78, 5) is 17.1. The quantitative estimate of drug-likeness (QED) is 0.716. The summed E-state index contributed by atoms with van der Waals surface area (Å²) in [6.45, 7) is 8.49. The molecule has 2 atom stereocenters. The summed E-state index contributed by atoms with van der Waals surface area (Å²) in [5, 5.41) is 7.47. The van der Waals surface area contributed by atoms with Crippen molar-refractivity contribution in [1.82, 2.24) is 15.1 Å². The standard InChI is InChI=1S/C22H31N3O2S/c1-4-24(5-2)21(19-11-13-28-16-19)14-23-22(26)25-12-10-18(15-25)17-6-8-20(27-3)9-7-17/h6-9,11,13,16,18,21H,4-5,10,12,14-15H2,1-3H3,(H,23,26). The number of likely N-dealkylation sites (N-methyl/N-ethyl adjacent to an activating group) is 1. The number of amides is 2. The molecule has 6 heteroatoms. The molecule has 1 aromatic carbocycles. The fourth-order valence-corrected chi connectivity index (χ4v) is 4.68. The molecule has 152 valence electrons. The summed E-state index contributed by atoms with van der Waals surface area (Å²) in [6, 6.07) is 10.6. The Bertz CT molecular complexity index is 729. The van der Waals surface area contributed by atoms with E-state index in [1.807, 2.05) is 17.0 Å². The van der Waals surface area contributed by atoms with Crippen LogP contribution in [0.25, 0.3) is 0 Å². The molecule has 2 aromatic rings. The molecule has 0 aliphatic carbocycles. The van der Waals surface area contributed by atoms with Gasteiger partial charge in [-0.25, -0.2) is 4.79 Å². The second-order valence-corrected chi connectivity index (χ2v) is 7.96. The Morgan fingerprint density at radius 1 is 1.29 bits per heavy atom. The van der Waals surface area contributed by atoms with Crippen LogP contribution in [-0.4, -0.2) is 55.7 Å². The van der Waals surface area contributed by atoms with E-state index in [1.165, 1.54) is 11.1 Å². The van der Waals surface area contributed by atoms with Crippen molar-refractivity contribution in [3.8, 4) is 5.75 Å². The molecule has 2 heterocycles. The normalized spacial score (nSPS) is 17.7. The fraction of sp³-hybridized carbons (Fsp3) is 0.500. The maximum atomic E-state index is 12.8. The van der Waals surface area contributed by atoms with Crippen LogP contribution in [0.4, 0.5) is 4.79 Å². The first kappa shape index (κ1) is 20.7. The van der Waals surface area contributed by atoms with Gasteiger partial charge in [-0.2, -0.15) is 11.3 Å². The SMILES string of the molecule is CCN(CC)C(CNC(=O)N1CCC(c2ccc(OC)cc2)C1)c1ccsc1. The van der Waals surface area contributed by atoms with Crippen molar-refractivity contribution in [2.75, 3.05) is 39.8 Å². The molecule has 5 nitrogen and oxygen atoms in total. The van der Waals surface area contributed by atoms with E-state index >= 15 is 0 Å². The average molecular weight is 402 g/mol. The maximum absolute atomic E-state index is 12.8. The van der Waals surface area contributed by atoms with E-state index in [2.05, 4.69) is 53.0 Å². The number of carbonyl (C=O) groups is 1. The van der Waals surface area contributed by atoms with E-state index in [1.54, 1.807) is 18.4 Å². The van der Waals surface area contributed by atoms with Crippen molar-refractivity contribution in [2.45, 2.75) is 32.2 Å². The molecule has 0 bridgehead atoms. The molecular formula is C22H31N3O2S. The van der Waals surface area contributed by atoms with E-state index in [0.717, 1.165) is 38.3 Å². The van der Waals surface area contributed by atoms with Crippen molar-refractivity contribution in [1.29, 1.82) is 0 Å². The molecule has 1 aliphatic heterocycles. The van der Waals surface area contributed by atoms with Crippen LogP contribution in [0, 0.1) is 0 Å². The number of hydrogen-bond acceptors (Lipinski definition) is 4. The number of hydrogen-bond donors (Lipinski definition) is 1. The number of urea groups is 1. The summed E-state index contributed by atoms with van der Waals surface area (Å²) >= 11 is 1.71. The van der Waals surface area contributed by atoms with Crippen LogP contribution in [0.1, 0.15) is 43.4 Å². The zero-order valence-corrected chi connectivity index (χ0v) is 17.9. The summed E-state index contributed by atoms with van der Waals surface area (Å²) < 4.78 is 5.24. The Labute approximate surface area is 172 Å². The number of methoxy groups -OCH3 is 1. The lowest BCUT2D eigenvalue weighted by Crippen LogP contribution is -2.43. The van der Waals surface area contributed by atoms with Crippen molar-refractivity contribution in [3.63, 3.8) is 0 Å². The Morgan fingerprint density at radius 2 is 2.04 bits per heavy atom. The number of thiophene rings is 1. The molecule has 1 fully saturated rings. The second kappa shape index (κ2) is 9.94. The van der Waals surface area contributed by atoms with Gasteiger partial charge in [-0.1, -0.05) is 26.0 Å². The summed E-state index contributed by atoms with van der Waals surface area (Å²) in [6.07, 6.45) is 1.00. The molecule has 0 saturated carbocycles. The van der Waals surface area contributed by atoms with Gasteiger partial charge in [0.2, 0.25) is 0 Å². The van der Waals surface area contributed by atoms with Gasteiger partial charge >= 0.3 is 6.03 Å². The zero-order valence-electron chi connectivity index (χ0n) is 17.1. The molecule has 0 spiro atoms. The van der Waals surface area contributed by atoms with Crippen LogP contribution < -0.4 is 10.1 Å². The van der Waals surface area contributed by atoms with Crippen molar-refractivity contribution >= 4 is 17.4 Å². The maximum Gasteiger partial charge on any atom is 0.317 e. The van der Waals surface area contributed by atoms with Crippen LogP contribution >= 0.6 is 11.3 Å². The highest BCUT2D eigenvalue weighted by atomic mass is 32.1. The Hall–Kier alpha value is -2.05. The first-order valence-electron chi connectivity index (χ1n) is 10.1. The van der Waals surface area contributed by atoms with Crippen molar-refractivity contribution < 1.29 is 9.53 Å². The third kappa shape index (κ3) is 4.86. The molecule has 1 N–H and O–H groups in total. The lowest BCUT2D eigenvalue weighted by atomic mass is 9.98. The predicted octanol–water partition coefficient (Wildman–Crippen LogP) is 4.34. The van der Waals surface area contributed by atoms with Crippen LogP contribution in [0.5, 0.6) is 5.75 Å².